The van der Waals surface area contributed by atoms with Crippen LogP contribution in [0, 0.1) is 5.92 Å². The summed E-state index contributed by atoms with van der Waals surface area (Å²) < 4.78 is 5.68. The summed E-state index contributed by atoms with van der Waals surface area (Å²) in [4.78, 5) is 4.25. The lowest BCUT2D eigenvalue weighted by Gasteiger charge is -2.23. The topological polar surface area (TPSA) is 48.1 Å². The van der Waals surface area contributed by atoms with E-state index >= 15 is 0 Å². The van der Waals surface area contributed by atoms with Gasteiger partial charge in [-0.05, 0) is 44.2 Å². The molecule has 2 rings (SSSR count). The van der Waals surface area contributed by atoms with Gasteiger partial charge in [0.1, 0.15) is 5.75 Å². The second kappa shape index (κ2) is 7.63. The van der Waals surface area contributed by atoms with Crippen molar-refractivity contribution in [3.8, 4) is 5.75 Å². The lowest BCUT2D eigenvalue weighted by Crippen LogP contribution is -2.15. The lowest BCUT2D eigenvalue weighted by molar-refractivity contribution is 0.241. The Morgan fingerprint density at radius 2 is 2.00 bits per heavy atom. The molecule has 1 saturated carbocycles. The minimum Gasteiger partial charge on any atom is -0.489 e. The Labute approximate surface area is 122 Å². The Kier molecular flexibility index (Phi) is 5.84. The number of aromatic nitrogens is 1. The van der Waals surface area contributed by atoms with Gasteiger partial charge in [0.15, 0.2) is 0 Å². The number of nitrogens with two attached hydrogens (primary N) is 1. The van der Waals surface area contributed by atoms with Crippen molar-refractivity contribution in [3.63, 3.8) is 0 Å². The molecule has 1 aliphatic rings. The number of hydrogen-bond donors (Lipinski definition) is 1. The second-order valence-electron chi connectivity index (χ2n) is 6.31. The summed E-state index contributed by atoms with van der Waals surface area (Å²) in [5.41, 5.74) is 7.41. The highest BCUT2D eigenvalue weighted by Gasteiger charge is 2.16. The molecule has 0 spiro atoms. The van der Waals surface area contributed by atoms with Crippen LogP contribution in [0.4, 0.5) is 0 Å². The average Bonchev–Trinajstić information content (AvgIpc) is 2.45. The quantitative estimate of drug-likeness (QED) is 0.846. The summed E-state index contributed by atoms with van der Waals surface area (Å²) in [6.45, 7) is 4.05. The standard InChI is InChI=1S/C17H28N2O/c1-13(2)20-16-10-15(11-19-12-16)17(18)9-8-14-6-4-3-5-7-14/h10-14,17H,3-9,18H2,1-2H3. The molecule has 3 nitrogen and oxygen atoms in total. The molecule has 1 aliphatic carbocycles. The zero-order chi connectivity index (χ0) is 14.4. The van der Waals surface area contributed by atoms with Crippen molar-refractivity contribution in [2.75, 3.05) is 0 Å². The number of ether oxygens (including phenoxy) is 1. The molecule has 1 atom stereocenters. The largest absolute Gasteiger partial charge is 0.489 e. The molecule has 20 heavy (non-hydrogen) atoms. The second-order valence-corrected chi connectivity index (χ2v) is 6.31. The van der Waals surface area contributed by atoms with E-state index in [-0.39, 0.29) is 12.1 Å². The van der Waals surface area contributed by atoms with E-state index in [9.17, 15) is 0 Å². The van der Waals surface area contributed by atoms with Gasteiger partial charge in [-0.25, -0.2) is 0 Å². The van der Waals surface area contributed by atoms with Gasteiger partial charge in [-0.1, -0.05) is 32.1 Å². The summed E-state index contributed by atoms with van der Waals surface area (Å²) in [6.07, 6.45) is 13.1. The lowest BCUT2D eigenvalue weighted by atomic mass is 9.85. The smallest absolute Gasteiger partial charge is 0.138 e. The maximum absolute atomic E-state index is 6.32. The van der Waals surface area contributed by atoms with Crippen LogP contribution in [0.5, 0.6) is 5.75 Å². The molecule has 2 N–H and O–H groups in total. The van der Waals surface area contributed by atoms with Crippen LogP contribution in [0.2, 0.25) is 0 Å². The molecule has 0 saturated heterocycles. The maximum Gasteiger partial charge on any atom is 0.138 e. The highest BCUT2D eigenvalue weighted by atomic mass is 16.5. The molecule has 0 amide bonds. The van der Waals surface area contributed by atoms with Gasteiger partial charge in [0.25, 0.3) is 0 Å². The molecule has 1 unspecified atom stereocenters. The van der Waals surface area contributed by atoms with E-state index in [1.807, 2.05) is 26.1 Å². The normalized spacial score (nSPS) is 18.2. The van der Waals surface area contributed by atoms with Crippen molar-refractivity contribution in [2.45, 2.75) is 70.9 Å². The Balaban J connectivity index is 1.86. The van der Waals surface area contributed by atoms with Crippen molar-refractivity contribution in [1.29, 1.82) is 0 Å². The third kappa shape index (κ3) is 4.78. The van der Waals surface area contributed by atoms with Crippen LogP contribution in [-0.4, -0.2) is 11.1 Å². The first-order valence-corrected chi connectivity index (χ1v) is 8.02. The van der Waals surface area contributed by atoms with Crippen molar-refractivity contribution < 1.29 is 4.74 Å². The van der Waals surface area contributed by atoms with Gasteiger partial charge in [0.05, 0.1) is 12.3 Å². The zero-order valence-electron chi connectivity index (χ0n) is 12.8. The minimum absolute atomic E-state index is 0.0835. The van der Waals surface area contributed by atoms with E-state index in [0.29, 0.717) is 0 Å². The fourth-order valence-electron chi connectivity index (χ4n) is 3.03. The summed E-state index contributed by atoms with van der Waals surface area (Å²) in [5, 5.41) is 0. The van der Waals surface area contributed by atoms with Crippen molar-refractivity contribution in [3.05, 3.63) is 24.0 Å². The molecular formula is C17H28N2O. The van der Waals surface area contributed by atoms with Crippen LogP contribution in [0.25, 0.3) is 0 Å². The molecule has 0 aliphatic heterocycles. The highest BCUT2D eigenvalue weighted by Crippen LogP contribution is 2.30. The SMILES string of the molecule is CC(C)Oc1cncc(C(N)CCC2CCCCC2)c1. The van der Waals surface area contributed by atoms with E-state index in [0.717, 1.165) is 23.7 Å². The van der Waals surface area contributed by atoms with E-state index in [1.54, 1.807) is 6.20 Å². The molecular weight excluding hydrogens is 248 g/mol. The van der Waals surface area contributed by atoms with Gasteiger partial charge in [0.2, 0.25) is 0 Å². The first kappa shape index (κ1) is 15.3. The third-order valence-corrected chi connectivity index (χ3v) is 4.14. The van der Waals surface area contributed by atoms with E-state index < -0.39 is 0 Å². The highest BCUT2D eigenvalue weighted by molar-refractivity contribution is 5.25. The average molecular weight is 276 g/mol. The fourth-order valence-corrected chi connectivity index (χ4v) is 3.03. The molecule has 1 heterocycles. The van der Waals surface area contributed by atoms with Crippen LogP contribution in [0.15, 0.2) is 18.5 Å². The monoisotopic (exact) mass is 276 g/mol. The zero-order valence-corrected chi connectivity index (χ0v) is 12.8. The molecule has 0 aromatic carbocycles. The molecule has 0 bridgehead atoms. The number of pyridine rings is 1. The Morgan fingerprint density at radius 1 is 1.25 bits per heavy atom. The van der Waals surface area contributed by atoms with E-state index in [2.05, 4.69) is 4.98 Å². The molecule has 0 radical (unpaired) electrons. The maximum atomic E-state index is 6.32. The molecule has 3 heteroatoms. The predicted octanol–water partition coefficient (Wildman–Crippen LogP) is 4.23. The number of hydrogen-bond acceptors (Lipinski definition) is 3. The van der Waals surface area contributed by atoms with Crippen LogP contribution in [0.3, 0.4) is 0 Å². The summed E-state index contributed by atoms with van der Waals surface area (Å²) >= 11 is 0. The predicted molar refractivity (Wildman–Crippen MR) is 82.7 cm³/mol. The number of rotatable bonds is 6. The van der Waals surface area contributed by atoms with Gasteiger partial charge in [-0.2, -0.15) is 0 Å². The van der Waals surface area contributed by atoms with Gasteiger partial charge >= 0.3 is 0 Å². The Morgan fingerprint density at radius 3 is 2.70 bits per heavy atom. The van der Waals surface area contributed by atoms with Crippen LogP contribution in [-0.2, 0) is 0 Å². The van der Waals surface area contributed by atoms with Gasteiger partial charge < -0.3 is 10.5 Å². The Hall–Kier alpha value is -1.09. The van der Waals surface area contributed by atoms with E-state index in [1.165, 1.54) is 38.5 Å². The summed E-state index contributed by atoms with van der Waals surface area (Å²) in [7, 11) is 0. The van der Waals surface area contributed by atoms with Gasteiger partial charge in [-0.3, -0.25) is 4.98 Å². The molecule has 1 fully saturated rings. The van der Waals surface area contributed by atoms with Gasteiger partial charge in [0, 0.05) is 12.2 Å². The van der Waals surface area contributed by atoms with E-state index in [4.69, 9.17) is 10.5 Å². The first-order chi connectivity index (χ1) is 9.65. The third-order valence-electron chi connectivity index (χ3n) is 4.14. The molecule has 1 aromatic rings. The molecule has 112 valence electrons. The van der Waals surface area contributed by atoms with Crippen LogP contribution < -0.4 is 10.5 Å². The summed E-state index contributed by atoms with van der Waals surface area (Å²) in [6, 6.07) is 2.12. The van der Waals surface area contributed by atoms with Gasteiger partial charge in [-0.15, -0.1) is 0 Å². The first-order valence-electron chi connectivity index (χ1n) is 8.02. The molecule has 1 aromatic heterocycles. The van der Waals surface area contributed by atoms with Crippen molar-refractivity contribution in [2.24, 2.45) is 11.7 Å². The van der Waals surface area contributed by atoms with Crippen LogP contribution in [0.1, 0.15) is 70.4 Å². The van der Waals surface area contributed by atoms with Crippen molar-refractivity contribution in [1.82, 2.24) is 4.98 Å². The van der Waals surface area contributed by atoms with Crippen LogP contribution >= 0.6 is 0 Å². The minimum atomic E-state index is 0.0835. The summed E-state index contributed by atoms with van der Waals surface area (Å²) in [5.74, 6) is 1.71. The fraction of sp³-hybridized carbons (Fsp3) is 0.706. The Bertz CT molecular complexity index is 400. The van der Waals surface area contributed by atoms with Crippen molar-refractivity contribution >= 4 is 0 Å². The number of nitrogens with zero attached hydrogens (tertiary/aromatic N) is 1.